The van der Waals surface area contributed by atoms with Gasteiger partial charge in [0.05, 0.1) is 34.9 Å². The first-order valence-corrected chi connectivity index (χ1v) is 9.18. The maximum Gasteiger partial charge on any atom is 0.157 e. The van der Waals surface area contributed by atoms with Gasteiger partial charge >= 0.3 is 0 Å². The zero-order valence-corrected chi connectivity index (χ0v) is 16.6. The molecule has 132 valence electrons. The Morgan fingerprint density at radius 3 is 2.65 bits per heavy atom. The third-order valence-electron chi connectivity index (χ3n) is 3.98. The number of benzene rings is 2. The minimum absolute atomic E-state index is 0.0993. The van der Waals surface area contributed by atoms with Crippen molar-refractivity contribution >= 4 is 65.6 Å². The minimum atomic E-state index is -0.163. The topological polar surface area (TPSA) is 88.8 Å². The molecule has 0 aliphatic carbocycles. The molecule has 0 radical (unpaired) electrons. The van der Waals surface area contributed by atoms with Crippen LogP contribution < -0.4 is 10.5 Å². The molecule has 0 spiro atoms. The van der Waals surface area contributed by atoms with Crippen molar-refractivity contribution in [3.8, 4) is 0 Å². The Balaban J connectivity index is 1.96. The Kier molecular flexibility index (Phi) is 4.31. The molecular formula is C17H12Br2N5O2-. The molecule has 7 nitrogen and oxygen atoms in total. The van der Waals surface area contributed by atoms with E-state index in [2.05, 4.69) is 47.1 Å². The summed E-state index contributed by atoms with van der Waals surface area (Å²) in [6.07, 6.45) is 3.23. The van der Waals surface area contributed by atoms with E-state index in [4.69, 9.17) is 0 Å². The maximum atomic E-state index is 11.5. The highest BCUT2D eigenvalue weighted by atomic mass is 79.9. The molecule has 0 amide bonds. The Hall–Kier alpha value is -2.20. The summed E-state index contributed by atoms with van der Waals surface area (Å²) in [4.78, 5) is 8.80. The van der Waals surface area contributed by atoms with Gasteiger partial charge in [0.25, 0.3) is 0 Å². The van der Waals surface area contributed by atoms with Crippen molar-refractivity contribution in [2.75, 3.05) is 10.5 Å². The van der Waals surface area contributed by atoms with Gasteiger partial charge in [-0.3, -0.25) is 9.61 Å². The van der Waals surface area contributed by atoms with Crippen LogP contribution in [0.3, 0.4) is 0 Å². The van der Waals surface area contributed by atoms with Crippen LogP contribution in [0.25, 0.3) is 16.6 Å². The third kappa shape index (κ3) is 2.82. The Morgan fingerprint density at radius 1 is 1.23 bits per heavy atom. The number of nitrogens with zero attached hydrogens (tertiary/aromatic N) is 4. The summed E-state index contributed by atoms with van der Waals surface area (Å²) in [5, 5.41) is 24.1. The summed E-state index contributed by atoms with van der Waals surface area (Å²) in [5.74, 6) is 0.577. The highest BCUT2D eigenvalue weighted by Crippen LogP contribution is 2.36. The average Bonchev–Trinajstić information content (AvgIpc) is 3.07. The number of aromatic nitrogens is 3. The van der Waals surface area contributed by atoms with Gasteiger partial charge < -0.3 is 15.8 Å². The lowest BCUT2D eigenvalue weighted by molar-refractivity contribution is 0.297. The number of nitrogens with one attached hydrogen (secondary N) is 1. The lowest BCUT2D eigenvalue weighted by atomic mass is 10.2. The molecule has 0 unspecified atom stereocenters. The summed E-state index contributed by atoms with van der Waals surface area (Å²) in [5.41, 5.74) is 3.73. The SMILES string of the molecule is Cc1cc(Br)c(Nc2nc3cccc(N([O-])O)c3n3cncc23)c(Br)c1. The van der Waals surface area contributed by atoms with Crippen LogP contribution in [0.4, 0.5) is 17.2 Å². The lowest BCUT2D eigenvalue weighted by Gasteiger charge is -2.23. The summed E-state index contributed by atoms with van der Waals surface area (Å²) in [6.45, 7) is 2.01. The van der Waals surface area contributed by atoms with Crippen LogP contribution in [0.15, 0.2) is 51.8 Å². The number of rotatable bonds is 3. The predicted octanol–water partition coefficient (Wildman–Crippen LogP) is 5.15. The quantitative estimate of drug-likeness (QED) is 0.396. The Bertz CT molecular complexity index is 1120. The summed E-state index contributed by atoms with van der Waals surface area (Å²) in [6, 6.07) is 8.96. The van der Waals surface area contributed by atoms with E-state index < -0.39 is 0 Å². The van der Waals surface area contributed by atoms with Crippen LogP contribution in [0.5, 0.6) is 0 Å². The molecule has 4 rings (SSSR count). The van der Waals surface area contributed by atoms with Gasteiger partial charge in [0.15, 0.2) is 5.82 Å². The third-order valence-corrected chi connectivity index (χ3v) is 5.23. The summed E-state index contributed by atoms with van der Waals surface area (Å²) >= 11 is 7.13. The van der Waals surface area contributed by atoms with Gasteiger partial charge in [-0.25, -0.2) is 9.97 Å². The van der Waals surface area contributed by atoms with Crippen molar-refractivity contribution < 1.29 is 5.21 Å². The zero-order valence-electron chi connectivity index (χ0n) is 13.4. The van der Waals surface area contributed by atoms with Gasteiger partial charge in [-0.2, -0.15) is 0 Å². The summed E-state index contributed by atoms with van der Waals surface area (Å²) in [7, 11) is 0. The van der Waals surface area contributed by atoms with Gasteiger partial charge in [0.2, 0.25) is 0 Å². The Labute approximate surface area is 165 Å². The van der Waals surface area contributed by atoms with Crippen LogP contribution in [-0.4, -0.2) is 19.6 Å². The highest BCUT2D eigenvalue weighted by molar-refractivity contribution is 9.11. The van der Waals surface area contributed by atoms with Crippen molar-refractivity contribution in [1.29, 1.82) is 0 Å². The van der Waals surface area contributed by atoms with Gasteiger partial charge in [-0.05, 0) is 68.6 Å². The fraction of sp³-hybridized carbons (Fsp3) is 0.0588. The second-order valence-electron chi connectivity index (χ2n) is 5.76. The average molecular weight is 478 g/mol. The van der Waals surface area contributed by atoms with E-state index in [1.165, 1.54) is 6.07 Å². The molecule has 4 aromatic rings. The molecule has 0 bridgehead atoms. The van der Waals surface area contributed by atoms with E-state index in [1.807, 2.05) is 19.1 Å². The monoisotopic (exact) mass is 476 g/mol. The summed E-state index contributed by atoms with van der Waals surface area (Å²) < 4.78 is 3.49. The van der Waals surface area contributed by atoms with Crippen LogP contribution in [-0.2, 0) is 0 Å². The Morgan fingerprint density at radius 2 is 1.96 bits per heavy atom. The smallest absolute Gasteiger partial charge is 0.157 e. The molecule has 0 aliphatic rings. The molecular weight excluding hydrogens is 466 g/mol. The minimum Gasteiger partial charge on any atom is -0.733 e. The second-order valence-corrected chi connectivity index (χ2v) is 7.46. The largest absolute Gasteiger partial charge is 0.733 e. The van der Waals surface area contributed by atoms with Crippen molar-refractivity contribution in [1.82, 2.24) is 14.4 Å². The van der Waals surface area contributed by atoms with E-state index in [0.717, 1.165) is 20.2 Å². The van der Waals surface area contributed by atoms with E-state index in [0.29, 0.717) is 22.4 Å². The highest BCUT2D eigenvalue weighted by Gasteiger charge is 2.15. The maximum absolute atomic E-state index is 11.5. The molecule has 2 aromatic carbocycles. The molecule has 0 saturated carbocycles. The normalized spacial score (nSPS) is 11.3. The first-order chi connectivity index (χ1) is 12.5. The number of aryl methyl sites for hydroxylation is 1. The first kappa shape index (κ1) is 17.2. The number of anilines is 3. The van der Waals surface area contributed by atoms with Crippen LogP contribution in [0, 0.1) is 12.1 Å². The zero-order chi connectivity index (χ0) is 18.4. The van der Waals surface area contributed by atoms with E-state index in [1.54, 1.807) is 29.1 Å². The van der Waals surface area contributed by atoms with Crippen molar-refractivity contribution in [3.05, 3.63) is 62.6 Å². The van der Waals surface area contributed by atoms with Gasteiger partial charge in [-0.1, -0.05) is 6.07 Å². The number of halogens is 2. The molecule has 0 fully saturated rings. The lowest BCUT2D eigenvalue weighted by Crippen LogP contribution is -2.10. The van der Waals surface area contributed by atoms with Gasteiger partial charge in [-0.15, -0.1) is 0 Å². The first-order valence-electron chi connectivity index (χ1n) is 7.59. The van der Waals surface area contributed by atoms with E-state index in [-0.39, 0.29) is 10.9 Å². The number of fused-ring (bicyclic) bond motifs is 3. The van der Waals surface area contributed by atoms with Crippen molar-refractivity contribution in [2.45, 2.75) is 6.92 Å². The number of imidazole rings is 1. The van der Waals surface area contributed by atoms with Gasteiger partial charge in [0.1, 0.15) is 5.52 Å². The van der Waals surface area contributed by atoms with Crippen LogP contribution in [0.1, 0.15) is 5.56 Å². The molecule has 9 heteroatoms. The molecule has 26 heavy (non-hydrogen) atoms. The van der Waals surface area contributed by atoms with Crippen LogP contribution >= 0.6 is 31.9 Å². The van der Waals surface area contributed by atoms with E-state index in [9.17, 15) is 10.4 Å². The number of hydrogen-bond donors (Lipinski definition) is 2. The number of para-hydroxylation sites is 1. The van der Waals surface area contributed by atoms with Crippen molar-refractivity contribution in [3.63, 3.8) is 0 Å². The molecule has 2 aromatic heterocycles. The standard InChI is InChI=1S/C17H12Br2N5O2/c1-9-5-10(18)15(11(19)6-9)22-17-14-7-20-8-23(14)16-12(21-17)3-2-4-13(16)24(25)26/h2-8,25H,1H3,(H,21,22)/q-1. The molecule has 0 atom stereocenters. The van der Waals surface area contributed by atoms with Crippen LogP contribution in [0.2, 0.25) is 0 Å². The fourth-order valence-electron chi connectivity index (χ4n) is 2.87. The molecule has 2 N–H and O–H groups in total. The van der Waals surface area contributed by atoms with E-state index >= 15 is 0 Å². The predicted molar refractivity (Wildman–Crippen MR) is 108 cm³/mol. The van der Waals surface area contributed by atoms with Gasteiger partial charge in [0, 0.05) is 8.95 Å². The molecule has 2 heterocycles. The fourth-order valence-corrected chi connectivity index (χ4v) is 4.48. The van der Waals surface area contributed by atoms with Crippen molar-refractivity contribution in [2.24, 2.45) is 0 Å². The number of hydrogen-bond acceptors (Lipinski definition) is 6. The second kappa shape index (κ2) is 6.51. The molecule has 0 aliphatic heterocycles. The molecule has 0 saturated heterocycles.